The average Bonchev–Trinajstić information content (AvgIpc) is 2.85. The van der Waals surface area contributed by atoms with E-state index in [2.05, 4.69) is 11.5 Å². The Morgan fingerprint density at radius 1 is 1.15 bits per heavy atom. The molecule has 0 radical (unpaired) electrons. The first-order valence-electron chi connectivity index (χ1n) is 10.2. The van der Waals surface area contributed by atoms with Crippen LogP contribution in [0.2, 0.25) is 0 Å². The topological polar surface area (TPSA) is 118 Å². The number of nitrogens with one attached hydrogen (secondary N) is 1. The van der Waals surface area contributed by atoms with Gasteiger partial charge in [0.25, 0.3) is 5.91 Å². The number of allylic oxidation sites excluding steroid dienone is 2. The summed E-state index contributed by atoms with van der Waals surface area (Å²) in [5.41, 5.74) is 2.10. The summed E-state index contributed by atoms with van der Waals surface area (Å²) in [5.74, 6) is -0.346. The lowest BCUT2D eigenvalue weighted by atomic mass is 10.1. The maximum atomic E-state index is 13.6. The van der Waals surface area contributed by atoms with E-state index < -0.39 is 22.0 Å². The minimum atomic E-state index is -4.14. The molecule has 1 aromatic carbocycles. The summed E-state index contributed by atoms with van der Waals surface area (Å²) in [4.78, 5) is 14.3. The van der Waals surface area contributed by atoms with E-state index in [4.69, 9.17) is 14.2 Å². The summed E-state index contributed by atoms with van der Waals surface area (Å²) in [6, 6.07) is 7.51. The van der Waals surface area contributed by atoms with Gasteiger partial charge in [-0.25, -0.2) is 13.9 Å². The van der Waals surface area contributed by atoms with Gasteiger partial charge in [-0.05, 0) is 37.3 Å². The Morgan fingerprint density at radius 3 is 2.21 bits per heavy atom. The highest BCUT2D eigenvalue weighted by molar-refractivity contribution is 7.93. The second-order valence-electron chi connectivity index (χ2n) is 7.12. The van der Waals surface area contributed by atoms with Crippen LogP contribution in [0.4, 0.5) is 5.69 Å². The van der Waals surface area contributed by atoms with Crippen molar-refractivity contribution in [3.05, 3.63) is 59.2 Å². The molecule has 11 heteroatoms. The van der Waals surface area contributed by atoms with Crippen LogP contribution < -0.4 is 15.1 Å². The molecule has 1 aromatic rings. The lowest BCUT2D eigenvalue weighted by Crippen LogP contribution is -2.49. The van der Waals surface area contributed by atoms with Crippen molar-refractivity contribution in [2.24, 2.45) is 0 Å². The van der Waals surface area contributed by atoms with Gasteiger partial charge < -0.3 is 19.1 Å². The van der Waals surface area contributed by atoms with E-state index >= 15 is 0 Å². The van der Waals surface area contributed by atoms with E-state index in [9.17, 15) is 18.4 Å². The van der Waals surface area contributed by atoms with Gasteiger partial charge in [0.1, 0.15) is 23.2 Å². The summed E-state index contributed by atoms with van der Waals surface area (Å²) < 4.78 is 44.1. The fraction of sp³-hybridized carbons (Fsp3) is 0.409. The summed E-state index contributed by atoms with van der Waals surface area (Å²) in [6.07, 6.45) is 1.71. The van der Waals surface area contributed by atoms with Crippen molar-refractivity contribution in [1.29, 1.82) is 0 Å². The fourth-order valence-electron chi connectivity index (χ4n) is 3.50. The van der Waals surface area contributed by atoms with E-state index in [1.165, 1.54) is 36.2 Å². The molecule has 1 amide bonds. The third-order valence-corrected chi connectivity index (χ3v) is 7.27. The predicted octanol–water partition coefficient (Wildman–Crippen LogP) is 1.66. The lowest BCUT2D eigenvalue weighted by molar-refractivity contribution is -0.125. The zero-order chi connectivity index (χ0) is 24.6. The SMILES string of the molecule is C=C/C=C(\C(C(=O)NO)=C(\OC)C(C)OC)S(=O)(=O)N1CCN(c2ccc(OC)cc2)CC1. The molecule has 1 unspecified atom stereocenters. The van der Waals surface area contributed by atoms with Crippen LogP contribution in [0.1, 0.15) is 6.92 Å². The van der Waals surface area contributed by atoms with Crippen molar-refractivity contribution < 1.29 is 32.6 Å². The van der Waals surface area contributed by atoms with E-state index in [0.29, 0.717) is 13.1 Å². The van der Waals surface area contributed by atoms with Gasteiger partial charge in [-0.15, -0.1) is 0 Å². The number of benzene rings is 1. The van der Waals surface area contributed by atoms with Gasteiger partial charge >= 0.3 is 0 Å². The van der Waals surface area contributed by atoms with E-state index in [1.807, 2.05) is 24.3 Å². The quantitative estimate of drug-likeness (QED) is 0.170. The maximum Gasteiger partial charge on any atom is 0.279 e. The molecule has 0 bridgehead atoms. The summed E-state index contributed by atoms with van der Waals surface area (Å²) in [6.45, 7) is 6.45. The van der Waals surface area contributed by atoms with Gasteiger partial charge in [0, 0.05) is 39.0 Å². The smallest absolute Gasteiger partial charge is 0.279 e. The molecule has 1 aliphatic rings. The molecular weight excluding hydrogens is 450 g/mol. The van der Waals surface area contributed by atoms with Gasteiger partial charge in [-0.1, -0.05) is 12.7 Å². The zero-order valence-corrected chi connectivity index (χ0v) is 20.1. The van der Waals surface area contributed by atoms with Crippen molar-refractivity contribution in [3.63, 3.8) is 0 Å². The molecule has 1 aliphatic heterocycles. The fourth-order valence-corrected chi connectivity index (χ4v) is 5.15. The van der Waals surface area contributed by atoms with Gasteiger partial charge in [0.15, 0.2) is 0 Å². The van der Waals surface area contributed by atoms with Gasteiger partial charge in [0.05, 0.1) is 19.1 Å². The van der Waals surface area contributed by atoms with Crippen LogP contribution in [0.5, 0.6) is 5.75 Å². The number of amides is 1. The van der Waals surface area contributed by atoms with Gasteiger partial charge in [-0.2, -0.15) is 4.31 Å². The third kappa shape index (κ3) is 5.93. The van der Waals surface area contributed by atoms with Crippen molar-refractivity contribution in [1.82, 2.24) is 9.79 Å². The Morgan fingerprint density at radius 2 is 1.76 bits per heavy atom. The highest BCUT2D eigenvalue weighted by Gasteiger charge is 2.37. The minimum absolute atomic E-state index is 0.0439. The van der Waals surface area contributed by atoms with Crippen LogP contribution >= 0.6 is 0 Å². The number of hydrogen-bond donors (Lipinski definition) is 2. The molecule has 2 N–H and O–H groups in total. The van der Waals surface area contributed by atoms with Crippen molar-refractivity contribution in [2.45, 2.75) is 13.0 Å². The number of rotatable bonds is 10. The first-order valence-corrected chi connectivity index (χ1v) is 11.7. The van der Waals surface area contributed by atoms with Crippen LogP contribution in [0.15, 0.2) is 59.2 Å². The highest BCUT2D eigenvalue weighted by atomic mass is 32.2. The summed E-state index contributed by atoms with van der Waals surface area (Å²) >= 11 is 0. The summed E-state index contributed by atoms with van der Waals surface area (Å²) in [5, 5.41) is 9.29. The van der Waals surface area contributed by atoms with Crippen molar-refractivity contribution in [3.8, 4) is 5.75 Å². The lowest BCUT2D eigenvalue weighted by Gasteiger charge is -2.36. The molecule has 0 aromatic heterocycles. The Hall–Kier alpha value is -2.86. The molecular formula is C22H31N3O7S. The first kappa shape index (κ1) is 26.4. The number of anilines is 1. The average molecular weight is 482 g/mol. The van der Waals surface area contributed by atoms with E-state index in [1.54, 1.807) is 14.0 Å². The number of carbonyl (C=O) groups excluding carboxylic acids is 1. The van der Waals surface area contributed by atoms with E-state index in [-0.39, 0.29) is 29.3 Å². The number of sulfonamides is 1. The molecule has 1 heterocycles. The molecule has 0 spiro atoms. The van der Waals surface area contributed by atoms with Crippen molar-refractivity contribution in [2.75, 3.05) is 52.4 Å². The summed E-state index contributed by atoms with van der Waals surface area (Å²) in [7, 11) is 0.134. The van der Waals surface area contributed by atoms with Crippen LogP contribution in [0.25, 0.3) is 0 Å². The number of ether oxygens (including phenoxy) is 3. The number of piperazine rings is 1. The molecule has 0 aliphatic carbocycles. The normalized spacial score (nSPS) is 17.1. The number of hydrogen-bond acceptors (Lipinski definition) is 8. The maximum absolute atomic E-state index is 13.6. The predicted molar refractivity (Wildman–Crippen MR) is 124 cm³/mol. The van der Waals surface area contributed by atoms with Gasteiger partial charge in [-0.3, -0.25) is 10.0 Å². The molecule has 182 valence electrons. The molecule has 10 nitrogen and oxygen atoms in total. The number of carbonyl (C=O) groups is 1. The molecule has 1 fully saturated rings. The molecule has 2 rings (SSSR count). The Kier molecular flexibility index (Phi) is 9.47. The Balaban J connectivity index is 2.38. The molecule has 33 heavy (non-hydrogen) atoms. The standard InChI is InChI=1S/C22H31N3O7S/c1-6-7-19(20(22(26)23-27)21(32-5)16(2)30-3)33(28,29)25-14-12-24(13-15-25)17-8-10-18(31-4)11-9-17/h6-11,16,27H,1,12-15H2,2-5H3,(H,23,26)/b19-7+,21-20-. The van der Waals surface area contributed by atoms with Gasteiger partial charge in [0.2, 0.25) is 10.0 Å². The van der Waals surface area contributed by atoms with Crippen LogP contribution in [0.3, 0.4) is 0 Å². The number of methoxy groups -OCH3 is 3. The first-order chi connectivity index (χ1) is 15.7. The molecule has 0 saturated carbocycles. The largest absolute Gasteiger partial charge is 0.497 e. The second-order valence-corrected chi connectivity index (χ2v) is 9.02. The monoisotopic (exact) mass is 481 g/mol. The third-order valence-electron chi connectivity index (χ3n) is 5.33. The zero-order valence-electron chi connectivity index (χ0n) is 19.3. The minimum Gasteiger partial charge on any atom is -0.497 e. The van der Waals surface area contributed by atoms with Crippen LogP contribution in [-0.4, -0.2) is 77.4 Å². The number of hydroxylamine groups is 1. The second kappa shape index (κ2) is 11.8. The van der Waals surface area contributed by atoms with E-state index in [0.717, 1.165) is 11.4 Å². The van der Waals surface area contributed by atoms with Crippen LogP contribution in [0, 0.1) is 0 Å². The van der Waals surface area contributed by atoms with Crippen molar-refractivity contribution >= 4 is 21.6 Å². The highest BCUT2D eigenvalue weighted by Crippen LogP contribution is 2.29. The Labute approximate surface area is 194 Å². The number of nitrogens with zero attached hydrogens (tertiary/aromatic N) is 2. The molecule has 1 atom stereocenters. The molecule has 1 saturated heterocycles. The van der Waals surface area contributed by atoms with Crippen LogP contribution in [-0.2, 0) is 24.3 Å². The Bertz CT molecular complexity index is 995.